The Morgan fingerprint density at radius 3 is 0.889 bits per heavy atom. The molecule has 0 aliphatic heterocycles. The molecule has 0 unspecified atom stereocenters. The lowest BCUT2D eigenvalue weighted by molar-refractivity contribution is 0.103. The number of ether oxygens (including phenoxy) is 3. The van der Waals surface area contributed by atoms with Crippen molar-refractivity contribution in [1.82, 2.24) is 0 Å². The summed E-state index contributed by atoms with van der Waals surface area (Å²) in [6.45, 7) is 0. The van der Waals surface area contributed by atoms with Crippen LogP contribution in [0, 0.1) is 0 Å². The summed E-state index contributed by atoms with van der Waals surface area (Å²) in [6.07, 6.45) is 0. The van der Waals surface area contributed by atoms with Gasteiger partial charge < -0.3 is 25.7 Å². The first kappa shape index (κ1) is 28.8. The maximum absolute atomic E-state index is 13.0. The number of anilines is 2. The molecule has 220 valence electrons. The van der Waals surface area contributed by atoms with Crippen molar-refractivity contribution >= 4 is 22.9 Å². The molecule has 4 N–H and O–H groups in total. The highest BCUT2D eigenvalue weighted by atomic mass is 16.5. The Bertz CT molecular complexity index is 1810. The third-order valence-corrected chi connectivity index (χ3v) is 6.89. The Hall–Kier alpha value is -6.34. The van der Waals surface area contributed by atoms with Gasteiger partial charge in [0, 0.05) is 45.8 Å². The number of carbonyl (C=O) groups excluding carboxylic acids is 2. The van der Waals surface area contributed by atoms with Crippen molar-refractivity contribution < 1.29 is 23.8 Å². The molecule has 0 spiro atoms. The summed E-state index contributed by atoms with van der Waals surface area (Å²) in [5.41, 5.74) is 14.9. The molecule has 0 aliphatic carbocycles. The number of hydrogen-bond acceptors (Lipinski definition) is 7. The first-order valence-corrected chi connectivity index (χ1v) is 14.1. The van der Waals surface area contributed by atoms with Crippen LogP contribution in [0.25, 0.3) is 0 Å². The number of nitrogen functional groups attached to an aromatic ring is 2. The molecule has 0 atom stereocenters. The van der Waals surface area contributed by atoms with Crippen LogP contribution >= 0.6 is 0 Å². The van der Waals surface area contributed by atoms with Crippen molar-refractivity contribution in [2.24, 2.45) is 0 Å². The Labute approximate surface area is 260 Å². The van der Waals surface area contributed by atoms with E-state index in [1.807, 2.05) is 24.3 Å². The monoisotopic (exact) mass is 592 g/mol. The molecule has 0 bridgehead atoms. The van der Waals surface area contributed by atoms with Crippen molar-refractivity contribution in [3.8, 4) is 34.5 Å². The second kappa shape index (κ2) is 12.9. The zero-order valence-corrected chi connectivity index (χ0v) is 24.1. The molecule has 0 radical (unpaired) electrons. The van der Waals surface area contributed by atoms with Crippen LogP contribution in [0.15, 0.2) is 146 Å². The Kier molecular flexibility index (Phi) is 8.24. The van der Waals surface area contributed by atoms with E-state index in [9.17, 15) is 9.59 Å². The Balaban J connectivity index is 1.04. The quantitative estimate of drug-likeness (QED) is 0.121. The number of ketones is 2. The fourth-order valence-electron chi connectivity index (χ4n) is 4.60. The van der Waals surface area contributed by atoms with Crippen molar-refractivity contribution in [2.75, 3.05) is 11.5 Å². The van der Waals surface area contributed by atoms with E-state index < -0.39 is 0 Å². The number of rotatable bonds is 10. The molecule has 6 rings (SSSR count). The highest BCUT2D eigenvalue weighted by Gasteiger charge is 2.12. The van der Waals surface area contributed by atoms with Gasteiger partial charge in [-0.3, -0.25) is 9.59 Å². The second-order valence-electron chi connectivity index (χ2n) is 10.2. The maximum atomic E-state index is 13.0. The predicted molar refractivity (Wildman–Crippen MR) is 175 cm³/mol. The summed E-state index contributed by atoms with van der Waals surface area (Å²) in [4.78, 5) is 26.0. The zero-order chi connectivity index (χ0) is 31.2. The average molecular weight is 593 g/mol. The minimum atomic E-state index is -0.121. The third-order valence-electron chi connectivity index (χ3n) is 6.89. The topological polar surface area (TPSA) is 114 Å². The SMILES string of the molecule is Nc1cccc(Oc2ccc(C(=O)c3ccc(Oc4ccc(C(=O)c5ccc(Oc6cccc(N)c6)cc5)cc4)cc3)cc2)c1. The smallest absolute Gasteiger partial charge is 0.193 e. The molecule has 0 saturated carbocycles. The molecule has 0 amide bonds. The molecule has 7 nitrogen and oxygen atoms in total. The van der Waals surface area contributed by atoms with Gasteiger partial charge in [0.2, 0.25) is 0 Å². The number of carbonyl (C=O) groups is 2. The Morgan fingerprint density at radius 1 is 0.356 bits per heavy atom. The van der Waals surface area contributed by atoms with Crippen LogP contribution in [0.3, 0.4) is 0 Å². The van der Waals surface area contributed by atoms with Gasteiger partial charge in [0.1, 0.15) is 34.5 Å². The molecule has 6 aromatic rings. The fourth-order valence-corrected chi connectivity index (χ4v) is 4.60. The van der Waals surface area contributed by atoms with Gasteiger partial charge in [-0.2, -0.15) is 0 Å². The van der Waals surface area contributed by atoms with Gasteiger partial charge in [-0.05, 0) is 121 Å². The molecule has 0 fully saturated rings. The molecule has 0 heterocycles. The summed E-state index contributed by atoms with van der Waals surface area (Å²) in [6, 6.07) is 42.0. The highest BCUT2D eigenvalue weighted by Crippen LogP contribution is 2.27. The summed E-state index contributed by atoms with van der Waals surface area (Å²) < 4.78 is 17.6. The molecular formula is C38H28N2O5. The van der Waals surface area contributed by atoms with Gasteiger partial charge in [0.25, 0.3) is 0 Å². The number of hydrogen-bond donors (Lipinski definition) is 2. The van der Waals surface area contributed by atoms with Crippen LogP contribution in [0.2, 0.25) is 0 Å². The van der Waals surface area contributed by atoms with Crippen LogP contribution < -0.4 is 25.7 Å². The molecule has 6 aromatic carbocycles. The zero-order valence-electron chi connectivity index (χ0n) is 24.1. The summed E-state index contributed by atoms with van der Waals surface area (Å²) in [5.74, 6) is 3.33. The lowest BCUT2D eigenvalue weighted by atomic mass is 10.0. The number of nitrogens with two attached hydrogens (primary N) is 2. The van der Waals surface area contributed by atoms with Gasteiger partial charge in [0.15, 0.2) is 11.6 Å². The van der Waals surface area contributed by atoms with Crippen LogP contribution in [0.4, 0.5) is 11.4 Å². The molecular weight excluding hydrogens is 564 g/mol. The van der Waals surface area contributed by atoms with Crippen molar-refractivity contribution in [3.05, 3.63) is 168 Å². The molecule has 45 heavy (non-hydrogen) atoms. The van der Waals surface area contributed by atoms with E-state index in [0.29, 0.717) is 68.1 Å². The highest BCUT2D eigenvalue weighted by molar-refractivity contribution is 6.09. The van der Waals surface area contributed by atoms with E-state index in [2.05, 4.69) is 0 Å². The van der Waals surface area contributed by atoms with Crippen LogP contribution in [0.1, 0.15) is 31.8 Å². The van der Waals surface area contributed by atoms with Gasteiger partial charge >= 0.3 is 0 Å². The van der Waals surface area contributed by atoms with Gasteiger partial charge in [-0.25, -0.2) is 0 Å². The van der Waals surface area contributed by atoms with Gasteiger partial charge in [-0.15, -0.1) is 0 Å². The largest absolute Gasteiger partial charge is 0.457 e. The summed E-state index contributed by atoms with van der Waals surface area (Å²) in [5, 5.41) is 0. The van der Waals surface area contributed by atoms with Crippen molar-refractivity contribution in [1.29, 1.82) is 0 Å². The standard InChI is InChI=1S/C38H28N2O5/c39-29-3-1-5-35(23-29)44-33-19-11-27(12-20-33)37(41)25-7-15-31(16-8-25)43-32-17-9-26(10-18-32)38(42)28-13-21-34(22-14-28)45-36-6-2-4-30(40)24-36/h1-24H,39-40H2. The first-order chi connectivity index (χ1) is 21.9. The minimum absolute atomic E-state index is 0.121. The van der Waals surface area contributed by atoms with Gasteiger partial charge in [-0.1, -0.05) is 12.1 Å². The molecule has 7 heteroatoms. The van der Waals surface area contributed by atoms with Crippen molar-refractivity contribution in [3.63, 3.8) is 0 Å². The van der Waals surface area contributed by atoms with Crippen LogP contribution in [-0.2, 0) is 0 Å². The van der Waals surface area contributed by atoms with Gasteiger partial charge in [0.05, 0.1) is 0 Å². The first-order valence-electron chi connectivity index (χ1n) is 14.1. The average Bonchev–Trinajstić information content (AvgIpc) is 3.06. The molecule has 0 saturated heterocycles. The van der Waals surface area contributed by atoms with E-state index in [1.54, 1.807) is 121 Å². The molecule has 0 aliphatic rings. The molecule has 0 aromatic heterocycles. The second-order valence-corrected chi connectivity index (χ2v) is 10.2. The lowest BCUT2D eigenvalue weighted by Gasteiger charge is -2.09. The van der Waals surface area contributed by atoms with E-state index >= 15 is 0 Å². The number of benzene rings is 6. The van der Waals surface area contributed by atoms with E-state index in [1.165, 1.54) is 0 Å². The van der Waals surface area contributed by atoms with E-state index in [-0.39, 0.29) is 11.6 Å². The van der Waals surface area contributed by atoms with Crippen LogP contribution in [-0.4, -0.2) is 11.6 Å². The summed E-state index contributed by atoms with van der Waals surface area (Å²) >= 11 is 0. The fraction of sp³-hybridized carbons (Fsp3) is 0. The normalized spacial score (nSPS) is 10.6. The Morgan fingerprint density at radius 2 is 0.622 bits per heavy atom. The van der Waals surface area contributed by atoms with Crippen LogP contribution in [0.5, 0.6) is 34.5 Å². The minimum Gasteiger partial charge on any atom is -0.457 e. The lowest BCUT2D eigenvalue weighted by Crippen LogP contribution is -2.01. The maximum Gasteiger partial charge on any atom is 0.193 e. The third kappa shape index (κ3) is 7.18. The van der Waals surface area contributed by atoms with E-state index in [0.717, 1.165) is 0 Å². The summed E-state index contributed by atoms with van der Waals surface area (Å²) in [7, 11) is 0. The van der Waals surface area contributed by atoms with Crippen molar-refractivity contribution in [2.45, 2.75) is 0 Å². The predicted octanol–water partition coefficient (Wildman–Crippen LogP) is 8.69. The van der Waals surface area contributed by atoms with E-state index in [4.69, 9.17) is 25.7 Å².